The average Bonchev–Trinajstić information content (AvgIpc) is 2.75. The second kappa shape index (κ2) is 14.8. The molecule has 0 saturated carbocycles. The van der Waals surface area contributed by atoms with Crippen LogP contribution in [-0.2, 0) is 9.59 Å². The Bertz CT molecular complexity index is 582. The molecule has 0 heterocycles. The molecule has 3 unspecified atom stereocenters. The SMILES string of the molecule is CCC(C)C1(C(=O)O)CC=CCC1(CCCCCCCCCCCCCC(C)C)C(=O)O. The molecule has 1 rings (SSSR count). The zero-order valence-electron chi connectivity index (χ0n) is 21.3. The Labute approximate surface area is 197 Å². The highest BCUT2D eigenvalue weighted by Crippen LogP contribution is 2.57. The predicted molar refractivity (Wildman–Crippen MR) is 133 cm³/mol. The first-order valence-corrected chi connectivity index (χ1v) is 13.4. The zero-order valence-corrected chi connectivity index (χ0v) is 21.3. The van der Waals surface area contributed by atoms with E-state index in [0.717, 1.165) is 25.2 Å². The number of carbonyl (C=O) groups is 2. The van der Waals surface area contributed by atoms with E-state index in [2.05, 4.69) is 13.8 Å². The first-order valence-electron chi connectivity index (χ1n) is 13.4. The van der Waals surface area contributed by atoms with E-state index >= 15 is 0 Å². The van der Waals surface area contributed by atoms with E-state index in [-0.39, 0.29) is 5.92 Å². The maximum atomic E-state index is 12.5. The molecule has 0 aromatic carbocycles. The van der Waals surface area contributed by atoms with Crippen molar-refractivity contribution in [3.8, 4) is 0 Å². The maximum Gasteiger partial charge on any atom is 0.311 e. The standard InChI is InChI=1S/C28H50O4/c1-5-24(4)28(26(31)32)22-18-17-21-27(28,25(29)30)20-16-14-12-10-8-6-7-9-11-13-15-19-23(2)3/h17-18,23-24H,5-16,19-22H2,1-4H3,(H,29,30)(H,31,32). The van der Waals surface area contributed by atoms with Gasteiger partial charge in [0.15, 0.2) is 0 Å². The van der Waals surface area contributed by atoms with Crippen molar-refractivity contribution in [1.82, 2.24) is 0 Å². The summed E-state index contributed by atoms with van der Waals surface area (Å²) in [6.07, 6.45) is 20.3. The summed E-state index contributed by atoms with van der Waals surface area (Å²) in [5, 5.41) is 20.4. The summed E-state index contributed by atoms with van der Waals surface area (Å²) in [7, 11) is 0. The summed E-state index contributed by atoms with van der Waals surface area (Å²) in [5.74, 6) is -1.22. The predicted octanol–water partition coefficient (Wildman–Crippen LogP) is 8.25. The molecule has 32 heavy (non-hydrogen) atoms. The number of hydrogen-bond donors (Lipinski definition) is 2. The van der Waals surface area contributed by atoms with Crippen molar-refractivity contribution in [3.63, 3.8) is 0 Å². The Hall–Kier alpha value is -1.32. The third-order valence-corrected chi connectivity index (χ3v) is 8.06. The minimum atomic E-state index is -1.21. The van der Waals surface area contributed by atoms with Gasteiger partial charge < -0.3 is 10.2 Å². The lowest BCUT2D eigenvalue weighted by atomic mass is 9.50. The summed E-state index contributed by atoms with van der Waals surface area (Å²) in [6.45, 7) is 8.46. The van der Waals surface area contributed by atoms with Crippen LogP contribution in [0.25, 0.3) is 0 Å². The molecule has 4 heteroatoms. The fraction of sp³-hybridized carbons (Fsp3) is 0.857. The van der Waals surface area contributed by atoms with Gasteiger partial charge in [0.1, 0.15) is 0 Å². The van der Waals surface area contributed by atoms with Gasteiger partial charge in [0.25, 0.3) is 0 Å². The summed E-state index contributed by atoms with van der Waals surface area (Å²) < 4.78 is 0. The molecule has 0 spiro atoms. The van der Waals surface area contributed by atoms with Gasteiger partial charge in [0.05, 0.1) is 10.8 Å². The van der Waals surface area contributed by atoms with Crippen LogP contribution in [0.2, 0.25) is 0 Å². The number of allylic oxidation sites excluding steroid dienone is 2. The highest BCUT2D eigenvalue weighted by molar-refractivity contribution is 5.87. The van der Waals surface area contributed by atoms with E-state index in [0.29, 0.717) is 25.7 Å². The summed E-state index contributed by atoms with van der Waals surface area (Å²) in [6, 6.07) is 0. The third-order valence-electron chi connectivity index (χ3n) is 8.06. The monoisotopic (exact) mass is 450 g/mol. The quantitative estimate of drug-likeness (QED) is 0.163. The van der Waals surface area contributed by atoms with Gasteiger partial charge in [0, 0.05) is 0 Å². The molecule has 186 valence electrons. The molecular weight excluding hydrogens is 400 g/mol. The molecule has 1 aliphatic carbocycles. The molecule has 4 nitrogen and oxygen atoms in total. The largest absolute Gasteiger partial charge is 0.481 e. The molecule has 0 radical (unpaired) electrons. The maximum absolute atomic E-state index is 12.5. The van der Waals surface area contributed by atoms with Gasteiger partial charge in [-0.15, -0.1) is 0 Å². The number of carboxylic acid groups (broad SMARTS) is 2. The van der Waals surface area contributed by atoms with Crippen LogP contribution in [0.5, 0.6) is 0 Å². The second-order valence-electron chi connectivity index (χ2n) is 10.7. The van der Waals surface area contributed by atoms with Crippen LogP contribution >= 0.6 is 0 Å². The molecule has 3 atom stereocenters. The Kier molecular flexibility index (Phi) is 13.2. The van der Waals surface area contributed by atoms with Crippen LogP contribution in [0.15, 0.2) is 12.2 Å². The van der Waals surface area contributed by atoms with Crippen molar-refractivity contribution in [2.24, 2.45) is 22.7 Å². The van der Waals surface area contributed by atoms with Gasteiger partial charge in [-0.2, -0.15) is 0 Å². The van der Waals surface area contributed by atoms with E-state index < -0.39 is 22.8 Å². The molecule has 0 aromatic rings. The van der Waals surface area contributed by atoms with Crippen LogP contribution in [-0.4, -0.2) is 22.2 Å². The molecule has 0 fully saturated rings. The number of carboxylic acids is 2. The highest BCUT2D eigenvalue weighted by Gasteiger charge is 2.62. The van der Waals surface area contributed by atoms with Crippen LogP contribution in [0.3, 0.4) is 0 Å². The molecule has 0 saturated heterocycles. The number of rotatable bonds is 18. The molecule has 0 aliphatic heterocycles. The molecule has 0 amide bonds. The van der Waals surface area contributed by atoms with Gasteiger partial charge in [-0.1, -0.05) is 123 Å². The zero-order chi connectivity index (χ0) is 24.0. The minimum absolute atomic E-state index is 0.175. The van der Waals surface area contributed by atoms with Crippen molar-refractivity contribution in [3.05, 3.63) is 12.2 Å². The van der Waals surface area contributed by atoms with Gasteiger partial charge in [-0.3, -0.25) is 9.59 Å². The first kappa shape index (κ1) is 28.7. The van der Waals surface area contributed by atoms with E-state index in [9.17, 15) is 19.8 Å². The average molecular weight is 451 g/mol. The Morgan fingerprint density at radius 3 is 1.66 bits per heavy atom. The van der Waals surface area contributed by atoms with E-state index in [1.807, 2.05) is 26.0 Å². The number of aliphatic carboxylic acids is 2. The van der Waals surface area contributed by atoms with Gasteiger partial charge >= 0.3 is 11.9 Å². The summed E-state index contributed by atoms with van der Waals surface area (Å²) >= 11 is 0. The summed E-state index contributed by atoms with van der Waals surface area (Å²) in [4.78, 5) is 24.9. The topological polar surface area (TPSA) is 74.6 Å². The number of hydrogen-bond acceptors (Lipinski definition) is 2. The molecule has 0 aromatic heterocycles. The molecule has 1 aliphatic rings. The molecular formula is C28H50O4. The fourth-order valence-electron chi connectivity index (χ4n) is 5.74. The van der Waals surface area contributed by atoms with E-state index in [1.54, 1.807) is 0 Å². The first-order chi connectivity index (χ1) is 15.2. The lowest BCUT2D eigenvalue weighted by Crippen LogP contribution is -2.56. The van der Waals surface area contributed by atoms with Gasteiger partial charge in [0.2, 0.25) is 0 Å². The second-order valence-corrected chi connectivity index (χ2v) is 10.7. The van der Waals surface area contributed by atoms with E-state index in [4.69, 9.17) is 0 Å². The van der Waals surface area contributed by atoms with Crippen LogP contribution in [0.1, 0.15) is 130 Å². The van der Waals surface area contributed by atoms with Crippen molar-refractivity contribution >= 4 is 11.9 Å². The fourth-order valence-corrected chi connectivity index (χ4v) is 5.74. The van der Waals surface area contributed by atoms with Crippen LogP contribution in [0.4, 0.5) is 0 Å². The minimum Gasteiger partial charge on any atom is -0.481 e. The number of unbranched alkanes of at least 4 members (excludes halogenated alkanes) is 10. The third kappa shape index (κ3) is 7.63. The van der Waals surface area contributed by atoms with Crippen LogP contribution < -0.4 is 0 Å². The lowest BCUT2D eigenvalue weighted by molar-refractivity contribution is -0.182. The Morgan fingerprint density at radius 1 is 0.750 bits per heavy atom. The van der Waals surface area contributed by atoms with Crippen molar-refractivity contribution in [2.75, 3.05) is 0 Å². The Balaban J connectivity index is 2.40. The smallest absolute Gasteiger partial charge is 0.311 e. The molecule has 0 bridgehead atoms. The summed E-state index contributed by atoms with van der Waals surface area (Å²) in [5.41, 5.74) is -2.41. The molecule has 2 N–H and O–H groups in total. The van der Waals surface area contributed by atoms with Gasteiger partial charge in [-0.05, 0) is 31.1 Å². The van der Waals surface area contributed by atoms with E-state index in [1.165, 1.54) is 57.8 Å². The van der Waals surface area contributed by atoms with Crippen molar-refractivity contribution < 1.29 is 19.8 Å². The van der Waals surface area contributed by atoms with Crippen LogP contribution in [0, 0.1) is 22.7 Å². The van der Waals surface area contributed by atoms with Gasteiger partial charge in [-0.25, -0.2) is 0 Å². The Morgan fingerprint density at radius 2 is 1.22 bits per heavy atom. The van der Waals surface area contributed by atoms with Crippen molar-refractivity contribution in [1.29, 1.82) is 0 Å². The normalized spacial score (nSPS) is 24.0. The van der Waals surface area contributed by atoms with Crippen molar-refractivity contribution in [2.45, 2.75) is 130 Å². The highest BCUT2D eigenvalue weighted by atomic mass is 16.4. The lowest BCUT2D eigenvalue weighted by Gasteiger charge is -2.50.